The van der Waals surface area contributed by atoms with E-state index in [0.29, 0.717) is 28.0 Å². The van der Waals surface area contributed by atoms with E-state index in [2.05, 4.69) is 10.1 Å². The summed E-state index contributed by atoms with van der Waals surface area (Å²) in [4.78, 5) is 17.2. The average molecular weight is 368 g/mol. The van der Waals surface area contributed by atoms with E-state index < -0.39 is 0 Å². The van der Waals surface area contributed by atoms with Crippen molar-refractivity contribution in [3.05, 3.63) is 63.9 Å². The number of hydrogen-bond donors (Lipinski definition) is 1. The minimum Gasteiger partial charge on any atom is -0.506 e. The normalized spacial score (nSPS) is 11.2. The lowest BCUT2D eigenvalue weighted by Crippen LogP contribution is -2.21. The van der Waals surface area contributed by atoms with E-state index in [9.17, 15) is 9.90 Å². The Morgan fingerprint density at radius 2 is 2.00 bits per heavy atom. The van der Waals surface area contributed by atoms with Crippen LogP contribution in [0.1, 0.15) is 6.92 Å². The molecule has 7 heteroatoms. The predicted octanol–water partition coefficient (Wildman–Crippen LogP) is 4.10. The molecule has 0 saturated carbocycles. The molecule has 130 valence electrons. The summed E-state index contributed by atoms with van der Waals surface area (Å²) in [6.07, 6.45) is 0. The summed E-state index contributed by atoms with van der Waals surface area (Å²) in [6.45, 7) is 2.31. The Morgan fingerprint density at radius 1 is 1.19 bits per heavy atom. The highest BCUT2D eigenvalue weighted by Crippen LogP contribution is 2.33. The number of benzene rings is 2. The molecule has 4 aromatic rings. The number of pyridine rings is 1. The van der Waals surface area contributed by atoms with Crippen LogP contribution in [0, 0.1) is 0 Å². The minimum absolute atomic E-state index is 0.00803. The van der Waals surface area contributed by atoms with Gasteiger partial charge < -0.3 is 14.2 Å². The maximum atomic E-state index is 12.9. The summed E-state index contributed by atoms with van der Waals surface area (Å²) < 4.78 is 6.84. The standard InChI is InChI=1S/C19H14ClN3O3/c1-2-23-14-9-4-3-8-13(14)16(24)15(19(23)25)18-21-17(22-26-18)11-6-5-7-12(20)10-11/h3-10,24H,2H2,1H3. The van der Waals surface area contributed by atoms with Crippen molar-refractivity contribution >= 4 is 22.5 Å². The number of aryl methyl sites for hydroxylation is 1. The van der Waals surface area contributed by atoms with Crippen LogP contribution >= 0.6 is 11.6 Å². The maximum absolute atomic E-state index is 12.9. The fraction of sp³-hybridized carbons (Fsp3) is 0.105. The number of para-hydroxylation sites is 1. The second kappa shape index (κ2) is 6.31. The van der Waals surface area contributed by atoms with E-state index >= 15 is 0 Å². The lowest BCUT2D eigenvalue weighted by Gasteiger charge is -2.11. The minimum atomic E-state index is -0.384. The fourth-order valence-electron chi connectivity index (χ4n) is 2.97. The quantitative estimate of drug-likeness (QED) is 0.589. The van der Waals surface area contributed by atoms with Crippen molar-refractivity contribution in [3.8, 4) is 28.6 Å². The van der Waals surface area contributed by atoms with Crippen molar-refractivity contribution in [1.29, 1.82) is 0 Å². The summed E-state index contributed by atoms with van der Waals surface area (Å²) >= 11 is 5.99. The van der Waals surface area contributed by atoms with Gasteiger partial charge in [-0.1, -0.05) is 41.0 Å². The van der Waals surface area contributed by atoms with Gasteiger partial charge in [0.25, 0.3) is 11.4 Å². The Labute approximate surface area is 153 Å². The molecular formula is C19H14ClN3O3. The Hall–Kier alpha value is -3.12. The van der Waals surface area contributed by atoms with Crippen LogP contribution in [0.3, 0.4) is 0 Å². The molecule has 26 heavy (non-hydrogen) atoms. The van der Waals surface area contributed by atoms with Crippen LogP contribution in [0.2, 0.25) is 5.02 Å². The van der Waals surface area contributed by atoms with E-state index in [1.807, 2.05) is 13.0 Å². The zero-order valence-corrected chi connectivity index (χ0v) is 14.6. The maximum Gasteiger partial charge on any atom is 0.267 e. The molecule has 0 amide bonds. The second-order valence-electron chi connectivity index (χ2n) is 5.72. The summed E-state index contributed by atoms with van der Waals surface area (Å²) in [6, 6.07) is 14.1. The zero-order valence-electron chi connectivity index (χ0n) is 13.8. The molecule has 0 bridgehead atoms. The van der Waals surface area contributed by atoms with Gasteiger partial charge in [0, 0.05) is 22.5 Å². The molecule has 0 aliphatic heterocycles. The van der Waals surface area contributed by atoms with Gasteiger partial charge in [-0.2, -0.15) is 4.98 Å². The number of aromatic nitrogens is 3. The molecule has 0 radical (unpaired) electrons. The number of hydrogen-bond acceptors (Lipinski definition) is 5. The van der Waals surface area contributed by atoms with E-state index in [1.165, 1.54) is 0 Å². The van der Waals surface area contributed by atoms with Crippen LogP contribution in [0.4, 0.5) is 0 Å². The fourth-order valence-corrected chi connectivity index (χ4v) is 3.16. The molecule has 2 aromatic carbocycles. The number of halogens is 1. The summed E-state index contributed by atoms with van der Waals surface area (Å²) in [5.74, 6) is 0.0875. The van der Waals surface area contributed by atoms with Crippen LogP contribution in [0.5, 0.6) is 5.75 Å². The van der Waals surface area contributed by atoms with Gasteiger partial charge in [0.2, 0.25) is 5.82 Å². The third kappa shape index (κ3) is 2.55. The van der Waals surface area contributed by atoms with Crippen LogP contribution in [-0.2, 0) is 6.54 Å². The van der Waals surface area contributed by atoms with Crippen LogP contribution in [-0.4, -0.2) is 19.8 Å². The van der Waals surface area contributed by atoms with E-state index in [4.69, 9.17) is 16.1 Å². The topological polar surface area (TPSA) is 81.2 Å². The number of nitrogens with zero attached hydrogens (tertiary/aromatic N) is 3. The molecule has 1 N–H and O–H groups in total. The smallest absolute Gasteiger partial charge is 0.267 e. The summed E-state index contributed by atoms with van der Waals surface area (Å²) in [5.41, 5.74) is 0.913. The first kappa shape index (κ1) is 16.4. The average Bonchev–Trinajstić information content (AvgIpc) is 3.12. The molecule has 2 aromatic heterocycles. The molecule has 0 aliphatic rings. The van der Waals surface area contributed by atoms with Crippen molar-refractivity contribution in [2.45, 2.75) is 13.5 Å². The first-order valence-electron chi connectivity index (χ1n) is 8.04. The van der Waals surface area contributed by atoms with Gasteiger partial charge in [0.05, 0.1) is 5.52 Å². The molecule has 0 atom stereocenters. The highest BCUT2D eigenvalue weighted by Gasteiger charge is 2.22. The molecule has 2 heterocycles. The second-order valence-corrected chi connectivity index (χ2v) is 6.16. The van der Waals surface area contributed by atoms with Gasteiger partial charge in [0.1, 0.15) is 11.3 Å². The van der Waals surface area contributed by atoms with Crippen LogP contribution < -0.4 is 5.56 Å². The van der Waals surface area contributed by atoms with E-state index in [1.54, 1.807) is 47.0 Å². The number of rotatable bonds is 3. The van der Waals surface area contributed by atoms with Gasteiger partial charge in [-0.05, 0) is 31.2 Å². The van der Waals surface area contributed by atoms with Gasteiger partial charge in [-0.25, -0.2) is 0 Å². The van der Waals surface area contributed by atoms with Gasteiger partial charge >= 0.3 is 0 Å². The van der Waals surface area contributed by atoms with Crippen molar-refractivity contribution in [2.75, 3.05) is 0 Å². The highest BCUT2D eigenvalue weighted by atomic mass is 35.5. The van der Waals surface area contributed by atoms with Crippen molar-refractivity contribution < 1.29 is 9.63 Å². The van der Waals surface area contributed by atoms with Crippen LogP contribution in [0.15, 0.2) is 57.8 Å². The molecule has 0 spiro atoms. The van der Waals surface area contributed by atoms with E-state index in [0.717, 1.165) is 0 Å². The lowest BCUT2D eigenvalue weighted by molar-refractivity contribution is 0.425. The molecule has 0 aliphatic carbocycles. The summed E-state index contributed by atoms with van der Waals surface area (Å²) in [7, 11) is 0. The zero-order chi connectivity index (χ0) is 18.3. The molecule has 0 saturated heterocycles. The van der Waals surface area contributed by atoms with Gasteiger partial charge in [0.15, 0.2) is 0 Å². The molecule has 0 fully saturated rings. The van der Waals surface area contributed by atoms with Crippen molar-refractivity contribution in [3.63, 3.8) is 0 Å². The number of fused-ring (bicyclic) bond motifs is 1. The molecule has 6 nitrogen and oxygen atoms in total. The predicted molar refractivity (Wildman–Crippen MR) is 99.3 cm³/mol. The monoisotopic (exact) mass is 367 g/mol. The first-order valence-corrected chi connectivity index (χ1v) is 8.42. The summed E-state index contributed by atoms with van der Waals surface area (Å²) in [5, 5.41) is 15.7. The molecule has 0 unspecified atom stereocenters. The van der Waals surface area contributed by atoms with Gasteiger partial charge in [-0.3, -0.25) is 4.79 Å². The Bertz CT molecular complexity index is 1180. The first-order chi connectivity index (χ1) is 12.6. The number of aromatic hydroxyl groups is 1. The molecule has 4 rings (SSSR count). The third-order valence-electron chi connectivity index (χ3n) is 4.18. The highest BCUT2D eigenvalue weighted by molar-refractivity contribution is 6.30. The third-order valence-corrected chi connectivity index (χ3v) is 4.42. The Kier molecular flexibility index (Phi) is 3.97. The SMILES string of the molecule is CCn1c(=O)c(-c2nc(-c3cccc(Cl)c3)no2)c(O)c2ccccc21. The van der Waals surface area contributed by atoms with Crippen molar-refractivity contribution in [1.82, 2.24) is 14.7 Å². The molecular weight excluding hydrogens is 354 g/mol. The van der Waals surface area contributed by atoms with E-state index in [-0.39, 0.29) is 28.6 Å². The largest absolute Gasteiger partial charge is 0.506 e. The Balaban J connectivity index is 1.94. The Morgan fingerprint density at radius 3 is 2.77 bits per heavy atom. The van der Waals surface area contributed by atoms with Gasteiger partial charge in [-0.15, -0.1) is 0 Å². The lowest BCUT2D eigenvalue weighted by atomic mass is 10.1. The van der Waals surface area contributed by atoms with Crippen molar-refractivity contribution in [2.24, 2.45) is 0 Å². The van der Waals surface area contributed by atoms with Crippen LogP contribution in [0.25, 0.3) is 33.7 Å².